The molecule has 10 nitrogen and oxygen atoms in total. The van der Waals surface area contributed by atoms with E-state index in [1.165, 1.54) is 17.0 Å². The SMILES string of the molecule is Cc1nc(N[C@H](C)c2cccc(C(F)(F)CO)c2F)c2cc(P3(=O)CCN(C(=O)CO)CC3)c3nccn3c2n1. The van der Waals surface area contributed by atoms with Gasteiger partial charge < -0.3 is 25.0 Å². The number of aromatic nitrogens is 4. The molecule has 1 aromatic carbocycles. The highest BCUT2D eigenvalue weighted by molar-refractivity contribution is 7.72. The van der Waals surface area contributed by atoms with E-state index < -0.39 is 49.6 Å². The van der Waals surface area contributed by atoms with Gasteiger partial charge in [-0.05, 0) is 26.0 Å². The van der Waals surface area contributed by atoms with E-state index in [1.54, 1.807) is 36.7 Å². The Balaban J connectivity index is 1.58. The van der Waals surface area contributed by atoms with Crippen LogP contribution in [0.4, 0.5) is 19.0 Å². The summed E-state index contributed by atoms with van der Waals surface area (Å²) in [5.41, 5.74) is -0.0378. The fourth-order valence-electron chi connectivity index (χ4n) is 5.07. The zero-order valence-electron chi connectivity index (χ0n) is 21.8. The summed E-state index contributed by atoms with van der Waals surface area (Å²) in [6, 6.07) is 4.48. The highest BCUT2D eigenvalue weighted by atomic mass is 31.2. The van der Waals surface area contributed by atoms with Crippen LogP contribution in [0.2, 0.25) is 0 Å². The van der Waals surface area contributed by atoms with Crippen molar-refractivity contribution >= 4 is 40.9 Å². The summed E-state index contributed by atoms with van der Waals surface area (Å²) in [7, 11) is -3.04. The van der Waals surface area contributed by atoms with Gasteiger partial charge in [0, 0.05) is 43.4 Å². The lowest BCUT2D eigenvalue weighted by Crippen LogP contribution is -2.42. The Kier molecular flexibility index (Phi) is 7.32. The first-order valence-electron chi connectivity index (χ1n) is 12.6. The molecule has 0 unspecified atom stereocenters. The number of nitrogens with one attached hydrogen (secondary N) is 1. The van der Waals surface area contributed by atoms with Gasteiger partial charge in [0.05, 0.1) is 22.3 Å². The standard InChI is InChI=1S/C26H28F3N6O4P/c1-15(17-4-3-5-19(22(17)27)26(28,29)14-37)31-23-18-12-20(40(39)10-8-34(9-11-40)21(38)13-36)25-30-6-7-35(25)24(18)33-16(2)32-23/h3-7,12,15,36-37H,8-11,13-14H2,1-2H3,(H,31,32,33)/t15-/m1/s1. The van der Waals surface area contributed by atoms with Gasteiger partial charge in [-0.2, -0.15) is 8.78 Å². The largest absolute Gasteiger partial charge is 0.390 e. The van der Waals surface area contributed by atoms with Crippen LogP contribution in [0.3, 0.4) is 0 Å². The highest BCUT2D eigenvalue weighted by Gasteiger charge is 2.36. The highest BCUT2D eigenvalue weighted by Crippen LogP contribution is 2.48. The Hall–Kier alpha value is -3.54. The van der Waals surface area contributed by atoms with Gasteiger partial charge in [0.1, 0.15) is 43.5 Å². The van der Waals surface area contributed by atoms with E-state index in [9.17, 15) is 23.2 Å². The molecular weight excluding hydrogens is 548 g/mol. The lowest BCUT2D eigenvalue weighted by Gasteiger charge is -2.32. The molecule has 0 bridgehead atoms. The number of pyridine rings is 1. The van der Waals surface area contributed by atoms with Crippen molar-refractivity contribution in [2.75, 3.05) is 43.9 Å². The van der Waals surface area contributed by atoms with Gasteiger partial charge in [-0.3, -0.25) is 9.20 Å². The van der Waals surface area contributed by atoms with E-state index in [0.717, 1.165) is 6.07 Å². The third-order valence-corrected chi connectivity index (χ3v) is 10.3. The van der Waals surface area contributed by atoms with Crippen LogP contribution in [0.5, 0.6) is 0 Å². The number of fused-ring (bicyclic) bond motifs is 3. The molecule has 40 heavy (non-hydrogen) atoms. The van der Waals surface area contributed by atoms with E-state index in [0.29, 0.717) is 27.8 Å². The monoisotopic (exact) mass is 576 g/mol. The molecule has 1 aliphatic rings. The lowest BCUT2D eigenvalue weighted by atomic mass is 10.0. The van der Waals surface area contributed by atoms with E-state index in [4.69, 9.17) is 5.11 Å². The van der Waals surface area contributed by atoms with Crippen LogP contribution in [0, 0.1) is 12.7 Å². The first-order chi connectivity index (χ1) is 19.0. The van der Waals surface area contributed by atoms with Crippen molar-refractivity contribution in [3.8, 4) is 0 Å². The lowest BCUT2D eigenvalue weighted by molar-refractivity contribution is -0.133. The Bertz CT molecular complexity index is 1650. The number of alkyl halides is 2. The molecule has 1 saturated heterocycles. The number of carbonyl (C=O) groups is 1. The van der Waals surface area contributed by atoms with E-state index in [1.807, 2.05) is 0 Å². The summed E-state index contributed by atoms with van der Waals surface area (Å²) >= 11 is 0. The summed E-state index contributed by atoms with van der Waals surface area (Å²) in [6.45, 7) is 1.57. The molecule has 4 aromatic rings. The number of aryl methyl sites for hydroxylation is 1. The Morgan fingerprint density at radius 3 is 2.60 bits per heavy atom. The smallest absolute Gasteiger partial charge is 0.298 e. The third kappa shape index (κ3) is 4.82. The number of carbonyl (C=O) groups excluding carboxylic acids is 1. The van der Waals surface area contributed by atoms with Gasteiger partial charge in [-0.1, -0.05) is 12.1 Å². The van der Waals surface area contributed by atoms with E-state index in [-0.39, 0.29) is 36.8 Å². The zero-order chi connectivity index (χ0) is 28.8. The Morgan fingerprint density at radius 2 is 1.93 bits per heavy atom. The van der Waals surface area contributed by atoms with Crippen LogP contribution >= 0.6 is 7.14 Å². The molecule has 3 N–H and O–H groups in total. The molecular formula is C26H28F3N6O4P. The maximum absolute atomic E-state index is 15.2. The molecule has 1 aliphatic heterocycles. The first kappa shape index (κ1) is 28.0. The second kappa shape index (κ2) is 10.5. The molecule has 212 valence electrons. The molecule has 4 heterocycles. The number of halogens is 3. The number of aliphatic hydroxyl groups excluding tert-OH is 2. The van der Waals surface area contributed by atoms with Crippen molar-refractivity contribution in [2.45, 2.75) is 25.8 Å². The number of imidazole rings is 1. The van der Waals surface area contributed by atoms with Gasteiger partial charge in [0.15, 0.2) is 5.65 Å². The number of hydrogen-bond acceptors (Lipinski definition) is 8. The maximum atomic E-state index is 15.2. The minimum absolute atomic E-state index is 0.0484. The van der Waals surface area contributed by atoms with Gasteiger partial charge >= 0.3 is 0 Å². The number of benzene rings is 1. The van der Waals surface area contributed by atoms with Crippen LogP contribution in [0.25, 0.3) is 16.7 Å². The van der Waals surface area contributed by atoms with Crippen LogP contribution in [0.15, 0.2) is 36.7 Å². The third-order valence-electron chi connectivity index (χ3n) is 7.25. The molecule has 1 fully saturated rings. The van der Waals surface area contributed by atoms with Gasteiger partial charge in [0.2, 0.25) is 5.91 Å². The molecule has 0 spiro atoms. The van der Waals surface area contributed by atoms with Gasteiger partial charge in [-0.15, -0.1) is 0 Å². The average Bonchev–Trinajstić information content (AvgIpc) is 3.43. The minimum Gasteiger partial charge on any atom is -0.390 e. The topological polar surface area (TPSA) is 133 Å². The number of anilines is 1. The quantitative estimate of drug-likeness (QED) is 0.286. The molecule has 0 radical (unpaired) electrons. The van der Waals surface area contributed by atoms with E-state index >= 15 is 4.39 Å². The van der Waals surface area contributed by atoms with Crippen molar-refractivity contribution in [2.24, 2.45) is 0 Å². The molecule has 14 heteroatoms. The first-order valence-corrected chi connectivity index (χ1v) is 14.7. The van der Waals surface area contributed by atoms with Crippen molar-refractivity contribution in [1.82, 2.24) is 24.3 Å². The van der Waals surface area contributed by atoms with Crippen molar-refractivity contribution in [1.29, 1.82) is 0 Å². The number of amides is 1. The number of nitrogens with zero attached hydrogens (tertiary/aromatic N) is 5. The summed E-state index contributed by atoms with van der Waals surface area (Å²) in [4.78, 5) is 26.9. The number of aliphatic hydroxyl groups is 2. The Labute approximate surface area is 227 Å². The molecule has 0 saturated carbocycles. The zero-order valence-corrected chi connectivity index (χ0v) is 22.7. The second-order valence-electron chi connectivity index (χ2n) is 9.82. The molecule has 3 aromatic heterocycles. The van der Waals surface area contributed by atoms with Crippen LogP contribution < -0.4 is 10.6 Å². The molecule has 1 atom stereocenters. The second-order valence-corrected chi connectivity index (χ2v) is 13.0. The van der Waals surface area contributed by atoms with Crippen LogP contribution in [-0.4, -0.2) is 79.0 Å². The van der Waals surface area contributed by atoms with Crippen LogP contribution in [0.1, 0.15) is 29.9 Å². The predicted octanol–water partition coefficient (Wildman–Crippen LogP) is 2.81. The fourth-order valence-corrected chi connectivity index (χ4v) is 7.80. The summed E-state index contributed by atoms with van der Waals surface area (Å²) < 4.78 is 59.4. The van der Waals surface area contributed by atoms with Crippen molar-refractivity contribution in [3.63, 3.8) is 0 Å². The summed E-state index contributed by atoms with van der Waals surface area (Å²) in [5.74, 6) is -4.64. The molecule has 1 amide bonds. The van der Waals surface area contributed by atoms with Gasteiger partial charge in [0.25, 0.3) is 5.92 Å². The predicted molar refractivity (Wildman–Crippen MR) is 143 cm³/mol. The van der Waals surface area contributed by atoms with Crippen LogP contribution in [-0.2, 0) is 15.3 Å². The number of hydrogen-bond donors (Lipinski definition) is 3. The van der Waals surface area contributed by atoms with Crippen molar-refractivity contribution in [3.05, 3.63) is 59.4 Å². The minimum atomic E-state index is -3.75. The fraction of sp³-hybridized carbons (Fsp3) is 0.385. The molecule has 5 rings (SSSR count). The maximum Gasteiger partial charge on any atom is 0.298 e. The van der Waals surface area contributed by atoms with Gasteiger partial charge in [-0.25, -0.2) is 19.3 Å². The summed E-state index contributed by atoms with van der Waals surface area (Å²) in [5, 5.41) is 22.3. The van der Waals surface area contributed by atoms with E-state index in [2.05, 4.69) is 20.3 Å². The molecule has 0 aliphatic carbocycles. The number of rotatable bonds is 7. The Morgan fingerprint density at radius 1 is 1.20 bits per heavy atom. The normalized spacial score (nSPS) is 16.4. The average molecular weight is 577 g/mol. The summed E-state index contributed by atoms with van der Waals surface area (Å²) in [6.07, 6.45) is 3.65. The van der Waals surface area contributed by atoms with Crippen molar-refractivity contribution < 1.29 is 32.7 Å².